The van der Waals surface area contributed by atoms with Crippen molar-refractivity contribution in [2.45, 2.75) is 18.2 Å². The number of rotatable bonds is 4. The normalized spacial score (nSPS) is 10.9. The Labute approximate surface area is 99.7 Å². The van der Waals surface area contributed by atoms with Gasteiger partial charge in [0.25, 0.3) is 10.0 Å². The minimum atomic E-state index is -3.88. The molecule has 6 nitrogen and oxygen atoms in total. The van der Waals surface area contributed by atoms with Crippen molar-refractivity contribution in [2.75, 3.05) is 6.54 Å². The van der Waals surface area contributed by atoms with Gasteiger partial charge in [0.15, 0.2) is 0 Å². The van der Waals surface area contributed by atoms with Gasteiger partial charge in [-0.15, -0.1) is 0 Å². The molecule has 7 heteroatoms. The van der Waals surface area contributed by atoms with Crippen LogP contribution in [0.3, 0.4) is 0 Å². The maximum absolute atomic E-state index is 11.7. The molecule has 0 aliphatic heterocycles. The molecule has 1 aromatic carbocycles. The van der Waals surface area contributed by atoms with Gasteiger partial charge in [-0.1, -0.05) is 6.92 Å². The number of carbonyl (C=O) groups excluding carboxylic acids is 1. The summed E-state index contributed by atoms with van der Waals surface area (Å²) in [5, 5.41) is 11.4. The standard InChI is InChI=1S/C10H14N2O4S/c1-2-7-11-10(14)12-17(15,16)9-5-3-8(13)4-6-9/h3-6,13H,2,7H2,1H3,(H2,11,12,14). The summed E-state index contributed by atoms with van der Waals surface area (Å²) in [6.45, 7) is 2.26. The molecule has 0 aliphatic rings. The van der Waals surface area contributed by atoms with Gasteiger partial charge < -0.3 is 10.4 Å². The first-order chi connectivity index (χ1) is 7.95. The van der Waals surface area contributed by atoms with Crippen LogP contribution in [-0.4, -0.2) is 26.1 Å². The van der Waals surface area contributed by atoms with Crippen molar-refractivity contribution >= 4 is 16.1 Å². The molecule has 0 spiro atoms. The lowest BCUT2D eigenvalue weighted by Gasteiger charge is -2.07. The molecule has 0 heterocycles. The van der Waals surface area contributed by atoms with E-state index in [2.05, 4.69) is 5.32 Å². The summed E-state index contributed by atoms with van der Waals surface area (Å²) in [6.07, 6.45) is 0.715. The number of nitrogens with one attached hydrogen (secondary N) is 2. The third-order valence-electron chi connectivity index (χ3n) is 1.91. The Morgan fingerprint density at radius 1 is 1.29 bits per heavy atom. The molecule has 0 aliphatic carbocycles. The van der Waals surface area contributed by atoms with Crippen molar-refractivity contribution in [1.82, 2.24) is 10.0 Å². The van der Waals surface area contributed by atoms with Gasteiger partial charge in [-0.05, 0) is 30.7 Å². The fraction of sp³-hybridized carbons (Fsp3) is 0.300. The summed E-state index contributed by atoms with van der Waals surface area (Å²) in [5.74, 6) is -0.0422. The Morgan fingerprint density at radius 3 is 2.41 bits per heavy atom. The quantitative estimate of drug-likeness (QED) is 0.744. The van der Waals surface area contributed by atoms with Crippen molar-refractivity contribution in [3.63, 3.8) is 0 Å². The summed E-state index contributed by atoms with van der Waals surface area (Å²) in [7, 11) is -3.88. The molecular formula is C10H14N2O4S. The van der Waals surface area contributed by atoms with Gasteiger partial charge in [0.2, 0.25) is 0 Å². The molecule has 3 N–H and O–H groups in total. The van der Waals surface area contributed by atoms with E-state index in [1.54, 1.807) is 0 Å². The highest BCUT2D eigenvalue weighted by Crippen LogP contribution is 2.13. The number of hydrogen-bond donors (Lipinski definition) is 3. The van der Waals surface area contributed by atoms with Gasteiger partial charge in [-0.3, -0.25) is 0 Å². The van der Waals surface area contributed by atoms with E-state index in [0.717, 1.165) is 0 Å². The third kappa shape index (κ3) is 3.95. The Hall–Kier alpha value is -1.76. The summed E-state index contributed by atoms with van der Waals surface area (Å²) < 4.78 is 25.2. The molecule has 0 unspecified atom stereocenters. The number of hydrogen-bond acceptors (Lipinski definition) is 4. The second-order valence-electron chi connectivity index (χ2n) is 3.36. The average molecular weight is 258 g/mol. The average Bonchev–Trinajstić information content (AvgIpc) is 2.26. The van der Waals surface area contributed by atoms with E-state index in [4.69, 9.17) is 5.11 Å². The molecule has 1 rings (SSSR count). The summed E-state index contributed by atoms with van der Waals surface area (Å²) in [5.41, 5.74) is 0. The predicted molar refractivity (Wildman–Crippen MR) is 62.1 cm³/mol. The van der Waals surface area contributed by atoms with Gasteiger partial charge in [-0.25, -0.2) is 17.9 Å². The fourth-order valence-electron chi connectivity index (χ4n) is 1.08. The molecule has 0 atom stereocenters. The van der Waals surface area contributed by atoms with Crippen molar-refractivity contribution in [2.24, 2.45) is 0 Å². The van der Waals surface area contributed by atoms with Gasteiger partial charge in [0, 0.05) is 6.54 Å². The maximum Gasteiger partial charge on any atom is 0.328 e. The predicted octanol–water partition coefficient (Wildman–Crippen LogP) is 0.790. The number of carbonyl (C=O) groups is 1. The van der Waals surface area contributed by atoms with Gasteiger partial charge >= 0.3 is 6.03 Å². The number of amides is 2. The number of phenolic OH excluding ortho intramolecular Hbond substituents is 1. The number of benzene rings is 1. The molecule has 1 aromatic rings. The monoisotopic (exact) mass is 258 g/mol. The van der Waals surface area contributed by atoms with E-state index in [0.29, 0.717) is 13.0 Å². The third-order valence-corrected chi connectivity index (χ3v) is 3.26. The number of phenols is 1. The number of urea groups is 1. The zero-order chi connectivity index (χ0) is 12.9. The van der Waals surface area contributed by atoms with Gasteiger partial charge in [0.05, 0.1) is 4.90 Å². The van der Waals surface area contributed by atoms with E-state index >= 15 is 0 Å². The van der Waals surface area contributed by atoms with Crippen LogP contribution in [0.25, 0.3) is 0 Å². The molecule has 0 saturated carbocycles. The van der Waals surface area contributed by atoms with Crippen molar-refractivity contribution in [3.05, 3.63) is 24.3 Å². The molecule has 0 radical (unpaired) electrons. The molecular weight excluding hydrogens is 244 g/mol. The second kappa shape index (κ2) is 5.53. The zero-order valence-corrected chi connectivity index (χ0v) is 10.1. The highest BCUT2D eigenvalue weighted by Gasteiger charge is 2.16. The number of sulfonamides is 1. The van der Waals surface area contributed by atoms with E-state index < -0.39 is 16.1 Å². The lowest BCUT2D eigenvalue weighted by Crippen LogP contribution is -2.39. The second-order valence-corrected chi connectivity index (χ2v) is 5.04. The maximum atomic E-state index is 11.7. The number of aromatic hydroxyl groups is 1. The molecule has 0 bridgehead atoms. The Bertz CT molecular complexity index is 482. The van der Waals surface area contributed by atoms with Crippen LogP contribution in [0.2, 0.25) is 0 Å². The Kier molecular flexibility index (Phi) is 4.33. The fourth-order valence-corrected chi connectivity index (χ4v) is 2.01. The van der Waals surface area contributed by atoms with Crippen LogP contribution in [0.4, 0.5) is 4.79 Å². The Balaban J connectivity index is 2.75. The minimum Gasteiger partial charge on any atom is -0.508 e. The van der Waals surface area contributed by atoms with Crippen LogP contribution in [0.15, 0.2) is 29.2 Å². The highest BCUT2D eigenvalue weighted by molar-refractivity contribution is 7.90. The minimum absolute atomic E-state index is 0.0422. The topological polar surface area (TPSA) is 95.5 Å². The molecule has 94 valence electrons. The van der Waals surface area contributed by atoms with E-state index in [-0.39, 0.29) is 10.6 Å². The van der Waals surface area contributed by atoms with Crippen LogP contribution >= 0.6 is 0 Å². The lowest BCUT2D eigenvalue weighted by molar-refractivity contribution is 0.246. The zero-order valence-electron chi connectivity index (χ0n) is 9.30. The van der Waals surface area contributed by atoms with Gasteiger partial charge in [-0.2, -0.15) is 0 Å². The first-order valence-corrected chi connectivity index (χ1v) is 6.53. The SMILES string of the molecule is CCCNC(=O)NS(=O)(=O)c1ccc(O)cc1. The summed E-state index contributed by atoms with van der Waals surface area (Å²) in [4.78, 5) is 11.1. The summed E-state index contributed by atoms with van der Waals surface area (Å²) in [6, 6.07) is 4.13. The van der Waals surface area contributed by atoms with Crippen molar-refractivity contribution in [3.8, 4) is 5.75 Å². The van der Waals surface area contributed by atoms with E-state index in [1.165, 1.54) is 24.3 Å². The van der Waals surface area contributed by atoms with Crippen molar-refractivity contribution in [1.29, 1.82) is 0 Å². The molecule has 0 saturated heterocycles. The van der Waals surface area contributed by atoms with Gasteiger partial charge in [0.1, 0.15) is 5.75 Å². The van der Waals surface area contributed by atoms with Crippen LogP contribution in [0.5, 0.6) is 5.75 Å². The highest BCUT2D eigenvalue weighted by atomic mass is 32.2. The van der Waals surface area contributed by atoms with Crippen LogP contribution in [0.1, 0.15) is 13.3 Å². The van der Waals surface area contributed by atoms with Crippen LogP contribution < -0.4 is 10.0 Å². The molecule has 17 heavy (non-hydrogen) atoms. The van der Waals surface area contributed by atoms with Crippen LogP contribution in [-0.2, 0) is 10.0 Å². The molecule has 0 fully saturated rings. The summed E-state index contributed by atoms with van der Waals surface area (Å²) >= 11 is 0. The smallest absolute Gasteiger partial charge is 0.328 e. The molecule has 2 amide bonds. The van der Waals surface area contributed by atoms with E-state index in [9.17, 15) is 13.2 Å². The largest absolute Gasteiger partial charge is 0.508 e. The van der Waals surface area contributed by atoms with E-state index in [1.807, 2.05) is 11.6 Å². The van der Waals surface area contributed by atoms with Crippen molar-refractivity contribution < 1.29 is 18.3 Å². The Morgan fingerprint density at radius 2 is 1.88 bits per heavy atom. The van der Waals surface area contributed by atoms with Crippen LogP contribution in [0, 0.1) is 0 Å². The molecule has 0 aromatic heterocycles. The first kappa shape index (κ1) is 13.3. The first-order valence-electron chi connectivity index (χ1n) is 5.05. The lowest BCUT2D eigenvalue weighted by atomic mass is 10.3.